The number of hydrogen-bond donors (Lipinski definition) is 3. The molecule has 8 heteroatoms. The van der Waals surface area contributed by atoms with E-state index in [1.165, 1.54) is 0 Å². The summed E-state index contributed by atoms with van der Waals surface area (Å²) >= 11 is 0. The van der Waals surface area contributed by atoms with Crippen molar-refractivity contribution >= 4 is 11.9 Å². The van der Waals surface area contributed by atoms with E-state index in [-0.39, 0.29) is 5.91 Å². The van der Waals surface area contributed by atoms with Gasteiger partial charge in [0.25, 0.3) is 0 Å². The van der Waals surface area contributed by atoms with Gasteiger partial charge in [0.2, 0.25) is 11.8 Å². The lowest BCUT2D eigenvalue weighted by Gasteiger charge is -2.12. The fourth-order valence-electron chi connectivity index (χ4n) is 1.35. The molecule has 0 aliphatic rings. The molecular formula is C11H19N5O3. The first-order chi connectivity index (χ1) is 9.02. The predicted molar refractivity (Wildman–Crippen MR) is 67.4 cm³/mol. The first-order valence-electron chi connectivity index (χ1n) is 6.14. The minimum Gasteiger partial charge on any atom is -0.339 e. The molecule has 0 fully saturated rings. The number of hydrogen-bond acceptors (Lipinski definition) is 6. The number of aromatic nitrogens is 2. The second-order valence-corrected chi connectivity index (χ2v) is 4.01. The number of aryl methyl sites for hydroxylation is 1. The van der Waals surface area contributed by atoms with Crippen LogP contribution in [0.4, 0.5) is 4.79 Å². The maximum absolute atomic E-state index is 11.6. The first-order valence-corrected chi connectivity index (χ1v) is 6.14. The van der Waals surface area contributed by atoms with E-state index in [4.69, 9.17) is 4.52 Å². The van der Waals surface area contributed by atoms with Crippen molar-refractivity contribution in [2.75, 3.05) is 13.1 Å². The van der Waals surface area contributed by atoms with Gasteiger partial charge in [-0.2, -0.15) is 4.98 Å². The van der Waals surface area contributed by atoms with Gasteiger partial charge in [0.15, 0.2) is 5.82 Å². The van der Waals surface area contributed by atoms with Gasteiger partial charge in [0, 0.05) is 19.5 Å². The molecule has 3 amide bonds. The number of carbonyl (C=O) groups is 2. The summed E-state index contributed by atoms with van der Waals surface area (Å²) in [7, 11) is 0. The number of rotatable bonds is 6. The van der Waals surface area contributed by atoms with Crippen molar-refractivity contribution in [3.63, 3.8) is 0 Å². The van der Waals surface area contributed by atoms with Gasteiger partial charge in [-0.3, -0.25) is 10.1 Å². The maximum atomic E-state index is 11.6. The Bertz CT molecular complexity index is 432. The number of nitrogens with zero attached hydrogens (tertiary/aromatic N) is 2. The van der Waals surface area contributed by atoms with Crippen molar-refractivity contribution < 1.29 is 14.1 Å². The molecule has 1 atom stereocenters. The highest BCUT2D eigenvalue weighted by atomic mass is 16.5. The highest BCUT2D eigenvalue weighted by Crippen LogP contribution is 1.96. The van der Waals surface area contributed by atoms with Crippen LogP contribution < -0.4 is 16.0 Å². The van der Waals surface area contributed by atoms with Crippen LogP contribution in [-0.4, -0.2) is 41.2 Å². The molecule has 0 radical (unpaired) electrons. The van der Waals surface area contributed by atoms with Crippen LogP contribution in [-0.2, 0) is 11.2 Å². The monoisotopic (exact) mass is 269 g/mol. The van der Waals surface area contributed by atoms with E-state index in [2.05, 4.69) is 26.1 Å². The normalized spacial score (nSPS) is 11.9. The number of nitrogens with one attached hydrogen (secondary N) is 3. The minimum absolute atomic E-state index is 0.382. The van der Waals surface area contributed by atoms with E-state index < -0.39 is 12.1 Å². The molecule has 8 nitrogen and oxygen atoms in total. The van der Waals surface area contributed by atoms with Crippen LogP contribution in [0.5, 0.6) is 0 Å². The van der Waals surface area contributed by atoms with Crippen molar-refractivity contribution in [1.82, 2.24) is 26.1 Å². The van der Waals surface area contributed by atoms with Gasteiger partial charge in [-0.25, -0.2) is 4.79 Å². The Hall–Kier alpha value is -1.96. The van der Waals surface area contributed by atoms with E-state index >= 15 is 0 Å². The van der Waals surface area contributed by atoms with Gasteiger partial charge in [0.05, 0.1) is 6.04 Å². The maximum Gasteiger partial charge on any atom is 0.321 e. The third kappa shape index (κ3) is 5.47. The van der Waals surface area contributed by atoms with Crippen molar-refractivity contribution in [3.8, 4) is 0 Å². The fraction of sp³-hybridized carbons (Fsp3) is 0.636. The molecule has 1 aromatic heterocycles. The Morgan fingerprint density at radius 3 is 2.74 bits per heavy atom. The molecule has 0 aliphatic heterocycles. The van der Waals surface area contributed by atoms with E-state index in [9.17, 15) is 9.59 Å². The predicted octanol–water partition coefficient (Wildman–Crippen LogP) is -0.256. The van der Waals surface area contributed by atoms with Crippen molar-refractivity contribution in [2.45, 2.75) is 33.2 Å². The second-order valence-electron chi connectivity index (χ2n) is 4.01. The van der Waals surface area contributed by atoms with E-state index in [0.717, 1.165) is 0 Å². The standard InChI is InChI=1S/C11H19N5O3/c1-4-12-11(18)15-10(17)7(2)13-6-5-9-14-8(3)16-19-9/h7,13H,4-6H2,1-3H3,(H2,12,15,17,18). The Morgan fingerprint density at radius 2 is 2.16 bits per heavy atom. The van der Waals surface area contributed by atoms with Gasteiger partial charge < -0.3 is 15.2 Å². The van der Waals surface area contributed by atoms with Crippen molar-refractivity contribution in [1.29, 1.82) is 0 Å². The molecule has 0 saturated carbocycles. The molecular weight excluding hydrogens is 250 g/mol. The van der Waals surface area contributed by atoms with Crippen LogP contribution in [0.15, 0.2) is 4.52 Å². The second kappa shape index (κ2) is 7.47. The fourth-order valence-corrected chi connectivity index (χ4v) is 1.35. The average molecular weight is 269 g/mol. The topological polar surface area (TPSA) is 109 Å². The summed E-state index contributed by atoms with van der Waals surface area (Å²) < 4.78 is 4.94. The zero-order valence-electron chi connectivity index (χ0n) is 11.3. The Labute approximate surface area is 111 Å². The van der Waals surface area contributed by atoms with Crippen LogP contribution in [0.2, 0.25) is 0 Å². The molecule has 0 aromatic carbocycles. The van der Waals surface area contributed by atoms with Crippen LogP contribution in [0.25, 0.3) is 0 Å². The van der Waals surface area contributed by atoms with E-state index in [1.54, 1.807) is 20.8 Å². The van der Waals surface area contributed by atoms with Crippen molar-refractivity contribution in [3.05, 3.63) is 11.7 Å². The highest BCUT2D eigenvalue weighted by molar-refractivity contribution is 5.96. The quantitative estimate of drug-likeness (QED) is 0.656. The van der Waals surface area contributed by atoms with Crippen LogP contribution in [0.1, 0.15) is 25.6 Å². The van der Waals surface area contributed by atoms with Gasteiger partial charge in [-0.1, -0.05) is 5.16 Å². The molecule has 1 unspecified atom stereocenters. The van der Waals surface area contributed by atoms with Gasteiger partial charge in [0.1, 0.15) is 0 Å². The van der Waals surface area contributed by atoms with Crippen LogP contribution in [0, 0.1) is 6.92 Å². The minimum atomic E-state index is -0.492. The van der Waals surface area contributed by atoms with E-state index in [1.807, 2.05) is 0 Å². The van der Waals surface area contributed by atoms with Crippen LogP contribution >= 0.6 is 0 Å². The summed E-state index contributed by atoms with van der Waals surface area (Å²) in [6.07, 6.45) is 0.527. The third-order valence-electron chi connectivity index (χ3n) is 2.33. The van der Waals surface area contributed by atoms with Gasteiger partial charge in [-0.05, 0) is 20.8 Å². The molecule has 3 N–H and O–H groups in total. The summed E-state index contributed by atoms with van der Waals surface area (Å²) in [6.45, 7) is 6.16. The average Bonchev–Trinajstić information content (AvgIpc) is 2.75. The lowest BCUT2D eigenvalue weighted by atomic mass is 10.3. The Balaban J connectivity index is 2.24. The number of amides is 3. The Morgan fingerprint density at radius 1 is 1.42 bits per heavy atom. The smallest absolute Gasteiger partial charge is 0.321 e. The first kappa shape index (κ1) is 15.1. The lowest BCUT2D eigenvalue weighted by Crippen LogP contribution is -2.48. The third-order valence-corrected chi connectivity index (χ3v) is 2.33. The molecule has 0 aliphatic carbocycles. The number of urea groups is 1. The molecule has 19 heavy (non-hydrogen) atoms. The summed E-state index contributed by atoms with van der Waals surface area (Å²) in [5.74, 6) is 0.714. The van der Waals surface area contributed by atoms with Crippen molar-refractivity contribution in [2.24, 2.45) is 0 Å². The SMILES string of the molecule is CCNC(=O)NC(=O)C(C)NCCc1nc(C)no1. The van der Waals surface area contributed by atoms with Crippen LogP contribution in [0.3, 0.4) is 0 Å². The summed E-state index contributed by atoms with van der Waals surface area (Å²) in [6, 6.07) is -0.972. The van der Waals surface area contributed by atoms with E-state index in [0.29, 0.717) is 31.2 Å². The number of carbonyl (C=O) groups excluding carboxylic acids is 2. The summed E-state index contributed by atoms with van der Waals surface area (Å²) in [5, 5.41) is 11.3. The lowest BCUT2D eigenvalue weighted by molar-refractivity contribution is -0.121. The highest BCUT2D eigenvalue weighted by Gasteiger charge is 2.14. The Kier molecular flexibility index (Phi) is 5.94. The molecule has 1 heterocycles. The molecule has 0 bridgehead atoms. The van der Waals surface area contributed by atoms with Gasteiger partial charge in [-0.15, -0.1) is 0 Å². The number of imide groups is 1. The molecule has 0 saturated heterocycles. The molecule has 0 spiro atoms. The summed E-state index contributed by atoms with van der Waals surface area (Å²) in [4.78, 5) is 26.8. The molecule has 106 valence electrons. The zero-order valence-corrected chi connectivity index (χ0v) is 11.3. The molecule has 1 aromatic rings. The largest absolute Gasteiger partial charge is 0.339 e. The van der Waals surface area contributed by atoms with Gasteiger partial charge >= 0.3 is 6.03 Å². The molecule has 1 rings (SSSR count). The zero-order chi connectivity index (χ0) is 14.3. The summed E-state index contributed by atoms with van der Waals surface area (Å²) in [5.41, 5.74) is 0.